The summed E-state index contributed by atoms with van der Waals surface area (Å²) in [6.07, 6.45) is -0.0209. The SMILES string of the molecule is O=C(C[C@@H]1Sc2ccccc2NC1=O)OCc1c(Cl)cccc1Cl. The normalized spacial score (nSPS) is 16.2. The molecule has 3 rings (SSSR count). The van der Waals surface area contributed by atoms with Crippen molar-refractivity contribution in [3.63, 3.8) is 0 Å². The zero-order valence-electron chi connectivity index (χ0n) is 12.4. The van der Waals surface area contributed by atoms with Crippen LogP contribution in [-0.4, -0.2) is 17.1 Å². The molecule has 124 valence electrons. The van der Waals surface area contributed by atoms with Crippen LogP contribution in [0, 0.1) is 0 Å². The Balaban J connectivity index is 1.60. The number of nitrogens with one attached hydrogen (secondary N) is 1. The number of hydrogen-bond donors (Lipinski definition) is 1. The molecular weight excluding hydrogens is 369 g/mol. The van der Waals surface area contributed by atoms with Gasteiger partial charge in [0.2, 0.25) is 5.91 Å². The highest BCUT2D eigenvalue weighted by Gasteiger charge is 2.29. The fourth-order valence-corrected chi connectivity index (χ4v) is 3.86. The Hall–Kier alpha value is -1.69. The monoisotopic (exact) mass is 381 g/mol. The van der Waals surface area contributed by atoms with Crippen molar-refractivity contribution in [3.8, 4) is 0 Å². The van der Waals surface area contributed by atoms with Gasteiger partial charge in [-0.15, -0.1) is 11.8 Å². The number of para-hydroxylation sites is 1. The number of carbonyl (C=O) groups excluding carboxylic acids is 2. The Kier molecular flexibility index (Phi) is 5.33. The van der Waals surface area contributed by atoms with E-state index in [1.165, 1.54) is 11.8 Å². The van der Waals surface area contributed by atoms with Crippen LogP contribution >= 0.6 is 35.0 Å². The molecule has 1 heterocycles. The summed E-state index contributed by atoms with van der Waals surface area (Å²) in [6, 6.07) is 12.5. The number of amides is 1. The van der Waals surface area contributed by atoms with Crippen LogP contribution in [0.5, 0.6) is 0 Å². The zero-order valence-corrected chi connectivity index (χ0v) is 14.8. The quantitative estimate of drug-likeness (QED) is 0.789. The third-order valence-electron chi connectivity index (χ3n) is 3.50. The molecule has 1 aliphatic rings. The van der Waals surface area contributed by atoms with E-state index >= 15 is 0 Å². The molecule has 1 N–H and O–H groups in total. The lowest BCUT2D eigenvalue weighted by Gasteiger charge is -2.23. The number of halogens is 2. The number of fused-ring (bicyclic) bond motifs is 1. The van der Waals surface area contributed by atoms with Gasteiger partial charge in [0.25, 0.3) is 0 Å². The minimum absolute atomic E-state index is 0.0209. The van der Waals surface area contributed by atoms with Gasteiger partial charge in [-0.3, -0.25) is 9.59 Å². The molecule has 0 radical (unpaired) electrons. The first-order chi connectivity index (χ1) is 11.5. The largest absolute Gasteiger partial charge is 0.461 e. The van der Waals surface area contributed by atoms with E-state index in [-0.39, 0.29) is 18.9 Å². The Morgan fingerprint density at radius 3 is 2.58 bits per heavy atom. The zero-order chi connectivity index (χ0) is 17.1. The Bertz CT molecular complexity index is 777. The first kappa shape index (κ1) is 17.1. The number of anilines is 1. The first-order valence-corrected chi connectivity index (χ1v) is 8.83. The smallest absolute Gasteiger partial charge is 0.307 e. The predicted molar refractivity (Wildman–Crippen MR) is 95.6 cm³/mol. The van der Waals surface area contributed by atoms with Gasteiger partial charge < -0.3 is 10.1 Å². The molecule has 4 nitrogen and oxygen atoms in total. The van der Waals surface area contributed by atoms with Crippen molar-refractivity contribution in [3.05, 3.63) is 58.1 Å². The van der Waals surface area contributed by atoms with Crippen molar-refractivity contribution in [2.24, 2.45) is 0 Å². The second-order valence-electron chi connectivity index (χ2n) is 5.16. The summed E-state index contributed by atoms with van der Waals surface area (Å²) in [5.41, 5.74) is 1.32. The van der Waals surface area contributed by atoms with Crippen molar-refractivity contribution < 1.29 is 14.3 Å². The number of thioether (sulfide) groups is 1. The molecule has 1 amide bonds. The minimum atomic E-state index is -0.519. The molecule has 0 bridgehead atoms. The van der Waals surface area contributed by atoms with E-state index in [1.807, 2.05) is 24.3 Å². The number of rotatable bonds is 4. The van der Waals surface area contributed by atoms with E-state index in [4.69, 9.17) is 27.9 Å². The summed E-state index contributed by atoms with van der Waals surface area (Å²) in [5, 5.41) is 3.16. The van der Waals surface area contributed by atoms with Crippen molar-refractivity contribution in [1.29, 1.82) is 0 Å². The Morgan fingerprint density at radius 2 is 1.83 bits per heavy atom. The van der Waals surface area contributed by atoms with Crippen LogP contribution in [0.2, 0.25) is 10.0 Å². The van der Waals surface area contributed by atoms with E-state index < -0.39 is 11.2 Å². The summed E-state index contributed by atoms with van der Waals surface area (Å²) in [7, 11) is 0. The third kappa shape index (κ3) is 3.86. The molecule has 1 aliphatic heterocycles. The molecule has 0 aromatic heterocycles. The van der Waals surface area contributed by atoms with Crippen LogP contribution < -0.4 is 5.32 Å². The van der Waals surface area contributed by atoms with E-state index in [2.05, 4.69) is 5.32 Å². The standard InChI is InChI=1S/C17H13Cl2NO3S/c18-11-4-3-5-12(19)10(11)9-23-16(21)8-15-17(22)20-13-6-1-2-7-14(13)24-15/h1-7,15H,8-9H2,(H,20,22)/t15-/m0/s1. The van der Waals surface area contributed by atoms with Gasteiger partial charge in [-0.05, 0) is 24.3 Å². The van der Waals surface area contributed by atoms with Crippen LogP contribution in [0.25, 0.3) is 0 Å². The molecule has 2 aromatic rings. The fourth-order valence-electron chi connectivity index (χ4n) is 2.26. The summed E-state index contributed by atoms with van der Waals surface area (Å²) >= 11 is 13.4. The third-order valence-corrected chi connectivity index (χ3v) is 5.48. The predicted octanol–water partition coefficient (Wildman–Crippen LogP) is 4.54. The second kappa shape index (κ2) is 7.47. The number of carbonyl (C=O) groups is 2. The molecule has 24 heavy (non-hydrogen) atoms. The van der Waals surface area contributed by atoms with E-state index in [0.717, 1.165) is 10.6 Å². The van der Waals surface area contributed by atoms with E-state index in [9.17, 15) is 9.59 Å². The molecule has 0 aliphatic carbocycles. The average Bonchev–Trinajstić information content (AvgIpc) is 2.55. The van der Waals surface area contributed by atoms with Gasteiger partial charge in [0, 0.05) is 20.5 Å². The lowest BCUT2D eigenvalue weighted by Crippen LogP contribution is -2.31. The van der Waals surface area contributed by atoms with Gasteiger partial charge in [-0.2, -0.15) is 0 Å². The van der Waals surface area contributed by atoms with Crippen molar-refractivity contribution >= 4 is 52.5 Å². The van der Waals surface area contributed by atoms with Crippen LogP contribution in [0.3, 0.4) is 0 Å². The minimum Gasteiger partial charge on any atom is -0.461 e. The maximum Gasteiger partial charge on any atom is 0.307 e. The molecule has 0 unspecified atom stereocenters. The summed E-state index contributed by atoms with van der Waals surface area (Å²) in [5.74, 6) is -0.676. The average molecular weight is 382 g/mol. The van der Waals surface area contributed by atoms with Crippen molar-refractivity contribution in [2.45, 2.75) is 23.2 Å². The number of esters is 1. The van der Waals surface area contributed by atoms with Crippen molar-refractivity contribution in [1.82, 2.24) is 0 Å². The van der Waals surface area contributed by atoms with Crippen LogP contribution in [0.1, 0.15) is 12.0 Å². The summed E-state index contributed by atoms with van der Waals surface area (Å²) < 4.78 is 5.23. The molecule has 0 spiro atoms. The van der Waals surface area contributed by atoms with Crippen LogP contribution in [-0.2, 0) is 20.9 Å². The second-order valence-corrected chi connectivity index (χ2v) is 7.22. The summed E-state index contributed by atoms with van der Waals surface area (Å²) in [6.45, 7) is -0.0209. The highest BCUT2D eigenvalue weighted by molar-refractivity contribution is 8.01. The van der Waals surface area contributed by atoms with Crippen LogP contribution in [0.4, 0.5) is 5.69 Å². The van der Waals surface area contributed by atoms with Gasteiger partial charge in [-0.25, -0.2) is 0 Å². The van der Waals surface area contributed by atoms with E-state index in [1.54, 1.807) is 18.2 Å². The van der Waals surface area contributed by atoms with Gasteiger partial charge in [0.15, 0.2) is 0 Å². The van der Waals surface area contributed by atoms with Crippen LogP contribution in [0.15, 0.2) is 47.4 Å². The van der Waals surface area contributed by atoms with Gasteiger partial charge in [-0.1, -0.05) is 41.4 Å². The first-order valence-electron chi connectivity index (χ1n) is 7.19. The highest BCUT2D eigenvalue weighted by atomic mass is 35.5. The molecule has 1 atom stereocenters. The lowest BCUT2D eigenvalue weighted by atomic mass is 10.2. The fraction of sp³-hybridized carbons (Fsp3) is 0.176. The van der Waals surface area contributed by atoms with Crippen molar-refractivity contribution in [2.75, 3.05) is 5.32 Å². The highest BCUT2D eigenvalue weighted by Crippen LogP contribution is 2.36. The number of ether oxygens (including phenoxy) is 1. The maximum absolute atomic E-state index is 12.1. The van der Waals surface area contributed by atoms with E-state index in [0.29, 0.717) is 15.6 Å². The molecular formula is C17H13Cl2NO3S. The molecule has 7 heteroatoms. The summed E-state index contributed by atoms with van der Waals surface area (Å²) in [4.78, 5) is 25.1. The maximum atomic E-state index is 12.1. The Morgan fingerprint density at radius 1 is 1.12 bits per heavy atom. The lowest BCUT2D eigenvalue weighted by molar-refractivity contribution is -0.145. The van der Waals surface area contributed by atoms with Gasteiger partial charge in [0.05, 0.1) is 17.4 Å². The molecule has 0 fully saturated rings. The number of benzene rings is 2. The Labute approximate surface area is 153 Å². The number of hydrogen-bond acceptors (Lipinski definition) is 4. The molecule has 0 saturated carbocycles. The van der Waals surface area contributed by atoms with Gasteiger partial charge >= 0.3 is 5.97 Å². The molecule has 2 aromatic carbocycles. The van der Waals surface area contributed by atoms with Gasteiger partial charge in [0.1, 0.15) is 6.61 Å². The topological polar surface area (TPSA) is 55.4 Å². The molecule has 0 saturated heterocycles.